The van der Waals surface area contributed by atoms with Gasteiger partial charge in [-0.15, -0.1) is 0 Å². The van der Waals surface area contributed by atoms with Crippen LogP contribution in [0.4, 0.5) is 10.1 Å². The minimum atomic E-state index is -0.469. The Morgan fingerprint density at radius 3 is 2.67 bits per heavy atom. The van der Waals surface area contributed by atoms with E-state index in [4.69, 9.17) is 0 Å². The third-order valence-corrected chi connectivity index (χ3v) is 3.43. The van der Waals surface area contributed by atoms with Crippen molar-refractivity contribution in [1.82, 2.24) is 0 Å². The second-order valence-electron chi connectivity index (χ2n) is 3.59. The van der Waals surface area contributed by atoms with Crippen LogP contribution in [-0.2, 0) is 0 Å². The predicted octanol–water partition coefficient (Wildman–Crippen LogP) is 4.45. The number of halogens is 3. The van der Waals surface area contributed by atoms with E-state index in [0.717, 1.165) is 3.57 Å². The van der Waals surface area contributed by atoms with Gasteiger partial charge in [-0.05, 0) is 59.0 Å². The van der Waals surface area contributed by atoms with Gasteiger partial charge in [-0.25, -0.2) is 4.39 Å². The van der Waals surface area contributed by atoms with Crippen molar-refractivity contribution >= 4 is 50.1 Å². The number of nitrogens with one attached hydrogen (secondary N) is 1. The van der Waals surface area contributed by atoms with E-state index in [1.165, 1.54) is 12.1 Å². The number of hydrogen-bond acceptors (Lipinski definition) is 1. The van der Waals surface area contributed by atoms with Gasteiger partial charge in [0.05, 0.1) is 5.69 Å². The number of rotatable bonds is 2. The summed E-state index contributed by atoms with van der Waals surface area (Å²) in [5.41, 5.74) is 0.672. The lowest BCUT2D eigenvalue weighted by Crippen LogP contribution is -2.13. The number of benzene rings is 2. The Kier molecular flexibility index (Phi) is 4.34. The molecule has 2 rings (SSSR count). The first kappa shape index (κ1) is 13.5. The van der Waals surface area contributed by atoms with Crippen LogP contribution in [0.1, 0.15) is 10.4 Å². The first-order valence-electron chi connectivity index (χ1n) is 5.08. The zero-order valence-electron chi connectivity index (χ0n) is 9.08. The molecule has 0 fully saturated rings. The van der Waals surface area contributed by atoms with Crippen LogP contribution in [0.25, 0.3) is 0 Å². The monoisotopic (exact) mass is 419 g/mol. The highest BCUT2D eigenvalue weighted by atomic mass is 127. The maximum absolute atomic E-state index is 13.6. The van der Waals surface area contributed by atoms with Crippen molar-refractivity contribution in [3.05, 3.63) is 61.9 Å². The van der Waals surface area contributed by atoms with E-state index in [9.17, 15) is 9.18 Å². The van der Waals surface area contributed by atoms with Crippen molar-refractivity contribution in [1.29, 1.82) is 0 Å². The molecule has 92 valence electrons. The van der Waals surface area contributed by atoms with E-state index in [2.05, 4.69) is 43.8 Å². The van der Waals surface area contributed by atoms with Crippen LogP contribution >= 0.6 is 38.5 Å². The third kappa shape index (κ3) is 3.29. The van der Waals surface area contributed by atoms with Gasteiger partial charge in [-0.2, -0.15) is 0 Å². The molecule has 0 radical (unpaired) electrons. The van der Waals surface area contributed by atoms with Gasteiger partial charge in [-0.1, -0.05) is 22.0 Å². The molecule has 5 heteroatoms. The fraction of sp³-hybridized carbons (Fsp3) is 0. The Bertz CT molecular complexity index is 603. The lowest BCUT2D eigenvalue weighted by atomic mass is 10.2. The quantitative estimate of drug-likeness (QED) is 0.716. The molecule has 0 saturated heterocycles. The Morgan fingerprint density at radius 1 is 1.22 bits per heavy atom. The van der Waals surface area contributed by atoms with Crippen LogP contribution < -0.4 is 5.32 Å². The van der Waals surface area contributed by atoms with Crippen molar-refractivity contribution < 1.29 is 9.18 Å². The van der Waals surface area contributed by atoms with Gasteiger partial charge < -0.3 is 5.32 Å². The second-order valence-corrected chi connectivity index (χ2v) is 5.75. The number of carbonyl (C=O) groups is 1. The highest BCUT2D eigenvalue weighted by Gasteiger charge is 2.09. The minimum absolute atomic E-state index is 0.169. The van der Waals surface area contributed by atoms with Gasteiger partial charge in [0.1, 0.15) is 5.82 Å². The summed E-state index contributed by atoms with van der Waals surface area (Å²) in [5.74, 6) is -0.793. The van der Waals surface area contributed by atoms with E-state index in [-0.39, 0.29) is 11.6 Å². The maximum atomic E-state index is 13.6. The molecule has 18 heavy (non-hydrogen) atoms. The molecule has 0 spiro atoms. The molecule has 0 heterocycles. The summed E-state index contributed by atoms with van der Waals surface area (Å²) in [7, 11) is 0. The Balaban J connectivity index is 2.21. The largest absolute Gasteiger partial charge is 0.319 e. The Hall–Kier alpha value is -0.950. The van der Waals surface area contributed by atoms with E-state index in [1.54, 1.807) is 24.3 Å². The SMILES string of the molecule is O=C(Nc1ccc(Br)cc1F)c1cccc(I)c1. The van der Waals surface area contributed by atoms with Crippen molar-refractivity contribution in [3.63, 3.8) is 0 Å². The highest BCUT2D eigenvalue weighted by Crippen LogP contribution is 2.20. The van der Waals surface area contributed by atoms with Crippen molar-refractivity contribution in [3.8, 4) is 0 Å². The van der Waals surface area contributed by atoms with Gasteiger partial charge in [0.25, 0.3) is 5.91 Å². The average molecular weight is 420 g/mol. The van der Waals surface area contributed by atoms with Crippen molar-refractivity contribution in [2.75, 3.05) is 5.32 Å². The first-order chi connectivity index (χ1) is 8.56. The maximum Gasteiger partial charge on any atom is 0.255 e. The molecule has 0 aliphatic carbocycles. The Labute approximate surface area is 126 Å². The lowest BCUT2D eigenvalue weighted by Gasteiger charge is -2.07. The second kappa shape index (κ2) is 5.79. The normalized spacial score (nSPS) is 10.2. The van der Waals surface area contributed by atoms with Gasteiger partial charge >= 0.3 is 0 Å². The molecule has 2 nitrogen and oxygen atoms in total. The standard InChI is InChI=1S/C13H8BrFINO/c14-9-4-5-12(11(15)7-9)17-13(18)8-2-1-3-10(16)6-8/h1-7H,(H,17,18). The molecule has 0 bridgehead atoms. The van der Waals surface area contributed by atoms with Gasteiger partial charge in [0, 0.05) is 13.6 Å². The van der Waals surface area contributed by atoms with Crippen LogP contribution in [0.2, 0.25) is 0 Å². The summed E-state index contributed by atoms with van der Waals surface area (Å²) in [5, 5.41) is 2.54. The van der Waals surface area contributed by atoms with Crippen LogP contribution in [0, 0.1) is 9.39 Å². The van der Waals surface area contributed by atoms with Crippen LogP contribution in [-0.4, -0.2) is 5.91 Å². The first-order valence-corrected chi connectivity index (χ1v) is 6.95. The summed E-state index contributed by atoms with van der Waals surface area (Å²) in [4.78, 5) is 11.9. The van der Waals surface area contributed by atoms with E-state index in [0.29, 0.717) is 10.0 Å². The zero-order chi connectivity index (χ0) is 13.1. The molecule has 0 aliphatic heterocycles. The van der Waals surface area contributed by atoms with E-state index < -0.39 is 5.82 Å². The molecule has 0 aromatic heterocycles. The number of amides is 1. The van der Waals surface area contributed by atoms with Crippen LogP contribution in [0.15, 0.2) is 46.9 Å². The average Bonchev–Trinajstić information content (AvgIpc) is 2.32. The molecule has 1 N–H and O–H groups in total. The van der Waals surface area contributed by atoms with E-state index >= 15 is 0 Å². The molecule has 0 unspecified atom stereocenters. The molecule has 2 aromatic carbocycles. The molecule has 0 aliphatic rings. The van der Waals surface area contributed by atoms with Gasteiger partial charge in [-0.3, -0.25) is 4.79 Å². The predicted molar refractivity (Wildman–Crippen MR) is 81.2 cm³/mol. The fourth-order valence-electron chi connectivity index (χ4n) is 1.42. The molecule has 0 atom stereocenters. The molecular formula is C13H8BrFINO. The fourth-order valence-corrected chi connectivity index (χ4v) is 2.29. The highest BCUT2D eigenvalue weighted by molar-refractivity contribution is 14.1. The topological polar surface area (TPSA) is 29.1 Å². The van der Waals surface area contributed by atoms with Crippen LogP contribution in [0.5, 0.6) is 0 Å². The van der Waals surface area contributed by atoms with Crippen molar-refractivity contribution in [2.24, 2.45) is 0 Å². The van der Waals surface area contributed by atoms with Gasteiger partial charge in [0.2, 0.25) is 0 Å². The van der Waals surface area contributed by atoms with Gasteiger partial charge in [0.15, 0.2) is 0 Å². The van der Waals surface area contributed by atoms with E-state index in [1.807, 2.05) is 6.07 Å². The molecule has 2 aromatic rings. The minimum Gasteiger partial charge on any atom is -0.319 e. The Morgan fingerprint density at radius 2 is 2.00 bits per heavy atom. The number of anilines is 1. The summed E-state index contributed by atoms with van der Waals surface area (Å²) in [6, 6.07) is 11.6. The summed E-state index contributed by atoms with van der Waals surface area (Å²) < 4.78 is 15.1. The smallest absolute Gasteiger partial charge is 0.255 e. The summed E-state index contributed by atoms with van der Waals surface area (Å²) in [6.07, 6.45) is 0. The van der Waals surface area contributed by atoms with Crippen molar-refractivity contribution in [2.45, 2.75) is 0 Å². The zero-order valence-corrected chi connectivity index (χ0v) is 12.8. The third-order valence-electron chi connectivity index (χ3n) is 2.27. The number of carbonyl (C=O) groups excluding carboxylic acids is 1. The summed E-state index contributed by atoms with van der Waals surface area (Å²) in [6.45, 7) is 0. The lowest BCUT2D eigenvalue weighted by molar-refractivity contribution is 0.102. The number of hydrogen-bond donors (Lipinski definition) is 1. The summed E-state index contributed by atoms with van der Waals surface area (Å²) >= 11 is 5.28. The van der Waals surface area contributed by atoms with Crippen LogP contribution in [0.3, 0.4) is 0 Å². The molecule has 1 amide bonds. The molecular weight excluding hydrogens is 412 g/mol. The molecule has 0 saturated carbocycles.